The summed E-state index contributed by atoms with van der Waals surface area (Å²) < 4.78 is 5.83. The molecule has 1 fully saturated rings. The zero-order chi connectivity index (χ0) is 26.1. The molecule has 1 aliphatic carbocycles. The summed E-state index contributed by atoms with van der Waals surface area (Å²) in [6.45, 7) is 7.17. The summed E-state index contributed by atoms with van der Waals surface area (Å²) in [5, 5.41) is 19.8. The van der Waals surface area contributed by atoms with Crippen molar-refractivity contribution in [3.8, 4) is 23.5 Å². The number of rotatable bonds is 5. The molecule has 0 saturated carbocycles. The van der Waals surface area contributed by atoms with E-state index in [9.17, 15) is 14.8 Å². The van der Waals surface area contributed by atoms with Crippen LogP contribution in [-0.4, -0.2) is 65.8 Å². The molecule has 3 aromatic rings. The van der Waals surface area contributed by atoms with Gasteiger partial charge in [-0.2, -0.15) is 0 Å². The van der Waals surface area contributed by atoms with E-state index in [1.54, 1.807) is 4.90 Å². The van der Waals surface area contributed by atoms with Gasteiger partial charge < -0.3 is 19.7 Å². The Morgan fingerprint density at radius 1 is 1.00 bits per heavy atom. The number of amides is 1. The van der Waals surface area contributed by atoms with Gasteiger partial charge in [-0.3, -0.25) is 4.90 Å². The first-order valence-corrected chi connectivity index (χ1v) is 12.7. The molecular formula is C30H31BN2O4. The average molecular weight is 494 g/mol. The molecule has 0 radical (unpaired) electrons. The summed E-state index contributed by atoms with van der Waals surface area (Å²) in [4.78, 5) is 17.0. The molecule has 7 heteroatoms. The largest absolute Gasteiger partial charge is 0.489 e. The number of terminal acetylenes is 1. The Kier molecular flexibility index (Phi) is 7.08. The summed E-state index contributed by atoms with van der Waals surface area (Å²) in [6, 6.07) is 18.6. The van der Waals surface area contributed by atoms with Crippen molar-refractivity contribution in [3.63, 3.8) is 0 Å². The second kappa shape index (κ2) is 10.4. The van der Waals surface area contributed by atoms with E-state index in [4.69, 9.17) is 11.2 Å². The Morgan fingerprint density at radius 3 is 2.16 bits per heavy atom. The van der Waals surface area contributed by atoms with Crippen molar-refractivity contribution in [2.75, 3.05) is 32.8 Å². The van der Waals surface area contributed by atoms with Gasteiger partial charge in [0.1, 0.15) is 6.61 Å². The van der Waals surface area contributed by atoms with Gasteiger partial charge in [0.25, 0.3) is 0 Å². The molecule has 188 valence electrons. The van der Waals surface area contributed by atoms with Crippen LogP contribution in [0.4, 0.5) is 4.79 Å². The number of benzene rings is 3. The molecular weight excluding hydrogens is 463 g/mol. The first-order valence-electron chi connectivity index (χ1n) is 12.7. The predicted octanol–water partition coefficient (Wildman–Crippen LogP) is 3.03. The highest BCUT2D eigenvalue weighted by Gasteiger charge is 2.30. The summed E-state index contributed by atoms with van der Waals surface area (Å²) in [7, 11) is -1.57. The number of hydrogen-bond donors (Lipinski definition) is 2. The molecule has 2 aliphatic rings. The Hall–Kier alpha value is -3.57. The van der Waals surface area contributed by atoms with Crippen molar-refractivity contribution >= 4 is 18.7 Å². The Balaban J connectivity index is 1.20. The molecule has 5 rings (SSSR count). The standard InChI is InChI=1S/C30H31BN2O4/c1-4-22-17-23(21(3)29(20(22)2)31(35)36)18-32-13-15-33(16-14-32)30(34)37-19-28-26-11-7-5-9-24(26)25-10-6-8-12-27(25)28/h1,5-12,17,28,35-36H,13-16,18-19H2,2-3H3. The third-order valence-electron chi connectivity index (χ3n) is 7.79. The van der Waals surface area contributed by atoms with Crippen LogP contribution in [0.15, 0.2) is 54.6 Å². The maximum Gasteiger partial charge on any atom is 0.489 e. The second-order valence-corrected chi connectivity index (χ2v) is 9.83. The topological polar surface area (TPSA) is 73.2 Å². The normalized spacial score (nSPS) is 15.2. The molecule has 2 N–H and O–H groups in total. The van der Waals surface area contributed by atoms with E-state index < -0.39 is 7.12 Å². The van der Waals surface area contributed by atoms with Gasteiger partial charge in [-0.25, -0.2) is 4.79 Å². The molecule has 3 aromatic carbocycles. The Morgan fingerprint density at radius 2 is 1.59 bits per heavy atom. The van der Waals surface area contributed by atoms with E-state index in [0.29, 0.717) is 50.4 Å². The van der Waals surface area contributed by atoms with Gasteiger partial charge in [-0.05, 0) is 64.3 Å². The molecule has 1 aliphatic heterocycles. The van der Waals surface area contributed by atoms with Gasteiger partial charge in [0, 0.05) is 44.2 Å². The van der Waals surface area contributed by atoms with Crippen LogP contribution < -0.4 is 5.46 Å². The van der Waals surface area contributed by atoms with Gasteiger partial charge in [-0.1, -0.05) is 54.5 Å². The highest BCUT2D eigenvalue weighted by atomic mass is 16.6. The fourth-order valence-corrected chi connectivity index (χ4v) is 5.71. The third kappa shape index (κ3) is 4.76. The summed E-state index contributed by atoms with van der Waals surface area (Å²) >= 11 is 0. The average Bonchev–Trinajstić information content (AvgIpc) is 3.23. The highest BCUT2D eigenvalue weighted by molar-refractivity contribution is 6.59. The summed E-state index contributed by atoms with van der Waals surface area (Å²) in [6.07, 6.45) is 5.38. The zero-order valence-electron chi connectivity index (χ0n) is 21.3. The van der Waals surface area contributed by atoms with Crippen LogP contribution in [-0.2, 0) is 11.3 Å². The van der Waals surface area contributed by atoms with Crippen LogP contribution in [0.5, 0.6) is 0 Å². The first kappa shape index (κ1) is 25.1. The molecule has 0 unspecified atom stereocenters. The lowest BCUT2D eigenvalue weighted by molar-refractivity contribution is 0.0728. The number of hydrogen-bond acceptors (Lipinski definition) is 5. The Labute approximate surface area is 218 Å². The van der Waals surface area contributed by atoms with Crippen LogP contribution in [0.1, 0.15) is 39.3 Å². The van der Waals surface area contributed by atoms with E-state index in [-0.39, 0.29) is 12.0 Å². The highest BCUT2D eigenvalue weighted by Crippen LogP contribution is 2.44. The lowest BCUT2D eigenvalue weighted by Crippen LogP contribution is -2.48. The third-order valence-corrected chi connectivity index (χ3v) is 7.79. The van der Waals surface area contributed by atoms with Crippen LogP contribution in [0.25, 0.3) is 11.1 Å². The molecule has 37 heavy (non-hydrogen) atoms. The second-order valence-electron chi connectivity index (χ2n) is 9.83. The van der Waals surface area contributed by atoms with Crippen LogP contribution in [0.2, 0.25) is 0 Å². The molecule has 0 aromatic heterocycles. The minimum absolute atomic E-state index is 0.0450. The first-order chi connectivity index (χ1) is 17.9. The fourth-order valence-electron chi connectivity index (χ4n) is 5.71. The smallest absolute Gasteiger partial charge is 0.448 e. The van der Waals surface area contributed by atoms with Crippen molar-refractivity contribution in [2.45, 2.75) is 26.3 Å². The quantitative estimate of drug-likeness (QED) is 0.422. The van der Waals surface area contributed by atoms with Gasteiger partial charge in [0.15, 0.2) is 0 Å². The molecule has 0 spiro atoms. The van der Waals surface area contributed by atoms with Crippen LogP contribution in [0.3, 0.4) is 0 Å². The summed E-state index contributed by atoms with van der Waals surface area (Å²) in [5.74, 6) is 2.70. The SMILES string of the molecule is C#Cc1cc(CN2CCN(C(=O)OCC3c4ccccc4-c4ccccc43)CC2)c(C)c(B(O)O)c1C. The van der Waals surface area contributed by atoms with E-state index >= 15 is 0 Å². The molecule has 1 heterocycles. The molecule has 0 bridgehead atoms. The van der Waals surface area contributed by atoms with Gasteiger partial charge in [0.2, 0.25) is 0 Å². The monoisotopic (exact) mass is 494 g/mol. The fraction of sp³-hybridized carbons (Fsp3) is 0.300. The van der Waals surface area contributed by atoms with E-state index in [1.165, 1.54) is 22.3 Å². The number of fused-ring (bicyclic) bond motifs is 3. The van der Waals surface area contributed by atoms with Gasteiger partial charge in [-0.15, -0.1) is 6.42 Å². The van der Waals surface area contributed by atoms with Crippen molar-refractivity contribution in [2.24, 2.45) is 0 Å². The minimum atomic E-state index is -1.57. The lowest BCUT2D eigenvalue weighted by atomic mass is 9.72. The van der Waals surface area contributed by atoms with Crippen LogP contribution in [0, 0.1) is 26.2 Å². The van der Waals surface area contributed by atoms with E-state index in [2.05, 4.69) is 35.1 Å². The molecule has 6 nitrogen and oxygen atoms in total. The number of ether oxygens (including phenoxy) is 1. The molecule has 0 atom stereocenters. The van der Waals surface area contributed by atoms with Crippen molar-refractivity contribution in [1.82, 2.24) is 9.80 Å². The summed E-state index contributed by atoms with van der Waals surface area (Å²) in [5.41, 5.74) is 8.50. The number of carbonyl (C=O) groups excluding carboxylic acids is 1. The predicted molar refractivity (Wildman–Crippen MR) is 146 cm³/mol. The van der Waals surface area contributed by atoms with Crippen molar-refractivity contribution in [1.29, 1.82) is 0 Å². The number of carbonyl (C=O) groups is 1. The van der Waals surface area contributed by atoms with E-state index in [0.717, 1.165) is 16.7 Å². The van der Waals surface area contributed by atoms with Gasteiger partial charge >= 0.3 is 13.2 Å². The minimum Gasteiger partial charge on any atom is -0.448 e. The van der Waals surface area contributed by atoms with Crippen molar-refractivity contribution in [3.05, 3.63) is 88.0 Å². The molecule has 1 amide bonds. The molecule has 1 saturated heterocycles. The maximum absolute atomic E-state index is 12.9. The number of nitrogens with zero attached hydrogens (tertiary/aromatic N) is 2. The van der Waals surface area contributed by atoms with E-state index in [1.807, 2.05) is 44.2 Å². The lowest BCUT2D eigenvalue weighted by Gasteiger charge is -2.34. The van der Waals surface area contributed by atoms with Crippen molar-refractivity contribution < 1.29 is 19.6 Å². The zero-order valence-corrected chi connectivity index (χ0v) is 21.3. The number of piperazine rings is 1. The van der Waals surface area contributed by atoms with Crippen LogP contribution >= 0.6 is 0 Å². The van der Waals surface area contributed by atoms with Gasteiger partial charge in [0.05, 0.1) is 0 Å². The maximum atomic E-state index is 12.9. The Bertz CT molecular complexity index is 1330.